The molecule has 0 saturated heterocycles. The highest BCUT2D eigenvalue weighted by Crippen LogP contribution is 2.31. The third-order valence-corrected chi connectivity index (χ3v) is 4.45. The van der Waals surface area contributed by atoms with Crippen molar-refractivity contribution in [3.63, 3.8) is 0 Å². The van der Waals surface area contributed by atoms with E-state index in [-0.39, 0.29) is 5.78 Å². The fourth-order valence-electron chi connectivity index (χ4n) is 2.72. The monoisotopic (exact) mass is 408 g/mol. The van der Waals surface area contributed by atoms with Gasteiger partial charge in [0, 0.05) is 5.56 Å². The van der Waals surface area contributed by atoms with Crippen LogP contribution in [0.3, 0.4) is 0 Å². The van der Waals surface area contributed by atoms with Crippen LogP contribution in [0.5, 0.6) is 17.2 Å². The van der Waals surface area contributed by atoms with Crippen LogP contribution in [0, 0.1) is 0 Å². The third-order valence-electron chi connectivity index (χ3n) is 4.45. The summed E-state index contributed by atoms with van der Waals surface area (Å²) in [6.45, 7) is 9.58. The third kappa shape index (κ3) is 7.43. The highest BCUT2D eigenvalue weighted by Gasteiger charge is 2.10. The molecular formula is C26H32O4. The molecule has 0 unspecified atom stereocenters. The van der Waals surface area contributed by atoms with Crippen molar-refractivity contribution < 1.29 is 19.0 Å². The lowest BCUT2D eigenvalue weighted by Gasteiger charge is -2.14. The average molecular weight is 409 g/mol. The van der Waals surface area contributed by atoms with Gasteiger partial charge in [-0.3, -0.25) is 4.79 Å². The van der Waals surface area contributed by atoms with Gasteiger partial charge in [-0.05, 0) is 61.4 Å². The van der Waals surface area contributed by atoms with E-state index in [0.29, 0.717) is 31.1 Å². The summed E-state index contributed by atoms with van der Waals surface area (Å²) < 4.78 is 17.4. The zero-order chi connectivity index (χ0) is 21.6. The number of ketones is 1. The molecule has 0 aliphatic heterocycles. The largest absolute Gasteiger partial charge is 0.493 e. The Morgan fingerprint density at radius 3 is 2.03 bits per heavy atom. The van der Waals surface area contributed by atoms with Crippen LogP contribution >= 0.6 is 0 Å². The van der Waals surface area contributed by atoms with Crippen LogP contribution in [0.1, 0.15) is 55.5 Å². The molecule has 0 atom stereocenters. The van der Waals surface area contributed by atoms with Crippen LogP contribution in [0.4, 0.5) is 0 Å². The predicted molar refractivity (Wildman–Crippen MR) is 123 cm³/mol. The molecule has 0 aromatic heterocycles. The molecule has 0 heterocycles. The first-order valence-electron chi connectivity index (χ1n) is 10.6. The Kier molecular flexibility index (Phi) is 10.3. The Morgan fingerprint density at radius 1 is 0.900 bits per heavy atom. The van der Waals surface area contributed by atoms with Crippen molar-refractivity contribution >= 4 is 11.9 Å². The van der Waals surface area contributed by atoms with Crippen LogP contribution < -0.4 is 14.2 Å². The number of rotatable bonds is 14. The summed E-state index contributed by atoms with van der Waals surface area (Å²) in [6.07, 6.45) is 9.10. The summed E-state index contributed by atoms with van der Waals surface area (Å²) in [5.74, 6) is 2.08. The maximum atomic E-state index is 12.7. The Morgan fingerprint density at radius 2 is 1.50 bits per heavy atom. The molecule has 2 rings (SSSR count). The van der Waals surface area contributed by atoms with Gasteiger partial charge < -0.3 is 14.2 Å². The first kappa shape index (κ1) is 23.3. The lowest BCUT2D eigenvalue weighted by Crippen LogP contribution is -2.02. The quantitative estimate of drug-likeness (QED) is 0.155. The van der Waals surface area contributed by atoms with Crippen molar-refractivity contribution in [3.8, 4) is 17.2 Å². The van der Waals surface area contributed by atoms with Crippen molar-refractivity contribution in [2.75, 3.05) is 19.8 Å². The van der Waals surface area contributed by atoms with E-state index >= 15 is 0 Å². The molecule has 0 saturated carbocycles. The molecule has 2 aromatic rings. The molecule has 4 nitrogen and oxygen atoms in total. The number of ether oxygens (including phenoxy) is 3. The summed E-state index contributed by atoms with van der Waals surface area (Å²) in [4.78, 5) is 12.7. The topological polar surface area (TPSA) is 44.8 Å². The standard InChI is InChI=1S/C26H32O4/c1-4-7-19-29-25-10-9-11-26(30-20-8-5-2)23(25)16-17-24(27)21-12-14-22(15-13-21)28-18-6-3/h6,9-17H,3-5,7-8,18-20H2,1-2H3. The van der Waals surface area contributed by atoms with Crippen LogP contribution in [0.25, 0.3) is 6.08 Å². The Hall–Kier alpha value is -3.01. The Labute approximate surface area is 180 Å². The van der Waals surface area contributed by atoms with Gasteiger partial charge in [-0.25, -0.2) is 0 Å². The molecule has 0 spiro atoms. The van der Waals surface area contributed by atoms with Gasteiger partial charge in [0.1, 0.15) is 23.9 Å². The molecule has 0 aliphatic rings. The minimum Gasteiger partial charge on any atom is -0.493 e. The Balaban J connectivity index is 2.18. The minimum absolute atomic E-state index is 0.0897. The maximum absolute atomic E-state index is 12.7. The summed E-state index contributed by atoms with van der Waals surface area (Å²) in [7, 11) is 0. The van der Waals surface area contributed by atoms with E-state index in [4.69, 9.17) is 14.2 Å². The second-order valence-corrected chi connectivity index (χ2v) is 6.89. The van der Waals surface area contributed by atoms with E-state index in [2.05, 4.69) is 20.4 Å². The smallest absolute Gasteiger partial charge is 0.185 e. The maximum Gasteiger partial charge on any atom is 0.185 e. The molecular weight excluding hydrogens is 376 g/mol. The van der Waals surface area contributed by atoms with Gasteiger partial charge in [0.15, 0.2) is 5.78 Å². The molecule has 0 radical (unpaired) electrons. The molecule has 4 heteroatoms. The first-order chi connectivity index (χ1) is 14.7. The molecule has 160 valence electrons. The number of hydrogen-bond acceptors (Lipinski definition) is 4. The van der Waals surface area contributed by atoms with Crippen LogP contribution in [-0.4, -0.2) is 25.6 Å². The van der Waals surface area contributed by atoms with Gasteiger partial charge in [0.05, 0.1) is 18.8 Å². The number of allylic oxidation sites excluding steroid dienone is 1. The number of carbonyl (C=O) groups excluding carboxylic acids is 1. The van der Waals surface area contributed by atoms with Gasteiger partial charge in [0.25, 0.3) is 0 Å². The number of hydrogen-bond donors (Lipinski definition) is 0. The van der Waals surface area contributed by atoms with Crippen molar-refractivity contribution in [1.29, 1.82) is 0 Å². The van der Waals surface area contributed by atoms with Gasteiger partial charge in [0.2, 0.25) is 0 Å². The molecule has 2 aromatic carbocycles. The summed E-state index contributed by atoms with van der Waals surface area (Å²) in [5, 5.41) is 0. The van der Waals surface area contributed by atoms with E-state index in [1.54, 1.807) is 42.5 Å². The van der Waals surface area contributed by atoms with E-state index in [1.807, 2.05) is 18.2 Å². The van der Waals surface area contributed by atoms with Crippen LogP contribution in [0.15, 0.2) is 61.2 Å². The van der Waals surface area contributed by atoms with Crippen molar-refractivity contribution in [3.05, 3.63) is 72.3 Å². The fourth-order valence-corrected chi connectivity index (χ4v) is 2.72. The van der Waals surface area contributed by atoms with Crippen LogP contribution in [0.2, 0.25) is 0 Å². The molecule has 0 N–H and O–H groups in total. The fraction of sp³-hybridized carbons (Fsp3) is 0.346. The normalized spacial score (nSPS) is 10.7. The Bertz CT molecular complexity index is 793. The summed E-state index contributed by atoms with van der Waals surface area (Å²) in [5.41, 5.74) is 1.39. The van der Waals surface area contributed by atoms with Gasteiger partial charge in [-0.2, -0.15) is 0 Å². The molecule has 30 heavy (non-hydrogen) atoms. The molecule has 0 fully saturated rings. The highest BCUT2D eigenvalue weighted by atomic mass is 16.5. The van der Waals surface area contributed by atoms with Crippen LogP contribution in [-0.2, 0) is 0 Å². The van der Waals surface area contributed by atoms with E-state index < -0.39 is 0 Å². The number of carbonyl (C=O) groups is 1. The first-order valence-corrected chi connectivity index (χ1v) is 10.6. The van der Waals surface area contributed by atoms with E-state index in [1.165, 1.54) is 0 Å². The highest BCUT2D eigenvalue weighted by molar-refractivity contribution is 6.07. The second-order valence-electron chi connectivity index (χ2n) is 6.89. The zero-order valence-corrected chi connectivity index (χ0v) is 18.1. The number of unbranched alkanes of at least 4 members (excludes halogenated alkanes) is 2. The molecule has 0 aliphatic carbocycles. The SMILES string of the molecule is C=CCOc1ccc(C(=O)C=Cc2c(OCCCC)cccc2OCCCC)cc1. The lowest BCUT2D eigenvalue weighted by atomic mass is 10.1. The summed E-state index contributed by atoms with van der Waals surface area (Å²) in [6, 6.07) is 12.8. The second kappa shape index (κ2) is 13.3. The van der Waals surface area contributed by atoms with Crippen molar-refractivity contribution in [1.82, 2.24) is 0 Å². The van der Waals surface area contributed by atoms with Gasteiger partial charge >= 0.3 is 0 Å². The van der Waals surface area contributed by atoms with Gasteiger partial charge in [-0.1, -0.05) is 45.4 Å². The van der Waals surface area contributed by atoms with E-state index in [9.17, 15) is 4.79 Å². The van der Waals surface area contributed by atoms with Crippen molar-refractivity contribution in [2.24, 2.45) is 0 Å². The molecule has 0 amide bonds. The predicted octanol–water partition coefficient (Wildman–Crippen LogP) is 6.51. The molecule has 0 bridgehead atoms. The average Bonchev–Trinajstić information content (AvgIpc) is 2.77. The number of benzene rings is 2. The summed E-state index contributed by atoms with van der Waals surface area (Å²) >= 11 is 0. The lowest BCUT2D eigenvalue weighted by molar-refractivity contribution is 0.104. The van der Waals surface area contributed by atoms with E-state index in [0.717, 1.165) is 42.7 Å². The van der Waals surface area contributed by atoms with Gasteiger partial charge in [-0.15, -0.1) is 0 Å². The van der Waals surface area contributed by atoms with Crippen molar-refractivity contribution in [2.45, 2.75) is 39.5 Å². The minimum atomic E-state index is -0.0897. The zero-order valence-electron chi connectivity index (χ0n) is 18.1.